The second kappa shape index (κ2) is 9.44. The van der Waals surface area contributed by atoms with Gasteiger partial charge in [0.05, 0.1) is 35.8 Å². The van der Waals surface area contributed by atoms with Crippen LogP contribution in [0.4, 0.5) is 0 Å². The molecule has 39 heavy (non-hydrogen) atoms. The zero-order valence-corrected chi connectivity index (χ0v) is 23.5. The van der Waals surface area contributed by atoms with Crippen molar-refractivity contribution < 1.29 is 14.6 Å². The smallest absolute Gasteiger partial charge is 0.262 e. The molecule has 0 unspecified atom stereocenters. The van der Waals surface area contributed by atoms with E-state index in [-0.39, 0.29) is 35.1 Å². The van der Waals surface area contributed by atoms with Crippen LogP contribution < -0.4 is 10.9 Å². The molecule has 1 atom stereocenters. The summed E-state index contributed by atoms with van der Waals surface area (Å²) >= 11 is 6.61. The average Bonchev–Trinajstić information content (AvgIpc) is 3.57. The van der Waals surface area contributed by atoms with E-state index >= 15 is 0 Å². The fourth-order valence-corrected chi connectivity index (χ4v) is 5.97. The first-order valence-electron chi connectivity index (χ1n) is 13.7. The van der Waals surface area contributed by atoms with Crippen molar-refractivity contribution in [3.63, 3.8) is 0 Å². The van der Waals surface area contributed by atoms with Gasteiger partial charge in [-0.05, 0) is 63.3 Å². The lowest BCUT2D eigenvalue weighted by atomic mass is 9.90. The summed E-state index contributed by atoms with van der Waals surface area (Å²) in [5.74, 6) is 0.182. The number of benzene rings is 1. The number of rotatable bonds is 5. The van der Waals surface area contributed by atoms with E-state index in [2.05, 4.69) is 24.1 Å². The third-order valence-electron chi connectivity index (χ3n) is 8.67. The second-order valence-electron chi connectivity index (χ2n) is 12.4. The van der Waals surface area contributed by atoms with Crippen LogP contribution >= 0.6 is 11.6 Å². The molecule has 1 saturated carbocycles. The Morgan fingerprint density at radius 1 is 1.15 bits per heavy atom. The molecule has 0 spiro atoms. The van der Waals surface area contributed by atoms with Crippen LogP contribution in [0.1, 0.15) is 58.1 Å². The second-order valence-corrected chi connectivity index (χ2v) is 12.8. The maximum Gasteiger partial charge on any atom is 0.262 e. The monoisotopic (exact) mass is 553 g/mol. The number of hydrogen-bond acceptors (Lipinski definition) is 6. The molecule has 3 fully saturated rings. The van der Waals surface area contributed by atoms with Crippen LogP contribution in [0.3, 0.4) is 0 Å². The Hall–Kier alpha value is -2.72. The normalized spacial score (nSPS) is 23.6. The predicted octanol–water partition coefficient (Wildman–Crippen LogP) is 3.43. The van der Waals surface area contributed by atoms with Gasteiger partial charge in [0.2, 0.25) is 5.91 Å². The summed E-state index contributed by atoms with van der Waals surface area (Å²) in [5.41, 5.74) is 0.680. The molecular formula is C29H36ClN5O4. The third-order valence-corrected chi connectivity index (χ3v) is 8.95. The Balaban J connectivity index is 1.19. The summed E-state index contributed by atoms with van der Waals surface area (Å²) < 4.78 is 9.18. The minimum atomic E-state index is -1.07. The van der Waals surface area contributed by atoms with E-state index in [1.807, 2.05) is 36.1 Å². The zero-order chi connectivity index (χ0) is 27.6. The lowest BCUT2D eigenvalue weighted by Gasteiger charge is -2.39. The Bertz CT molecular complexity index is 1460. The molecule has 0 radical (unpaired) electrons. The van der Waals surface area contributed by atoms with Crippen LogP contribution in [0.25, 0.3) is 16.7 Å². The van der Waals surface area contributed by atoms with Crippen LogP contribution in [0.15, 0.2) is 41.5 Å². The van der Waals surface area contributed by atoms with Gasteiger partial charge >= 0.3 is 0 Å². The summed E-state index contributed by atoms with van der Waals surface area (Å²) in [6.07, 6.45) is 4.20. The number of carbonyl (C=O) groups is 1. The third kappa shape index (κ3) is 5.01. The van der Waals surface area contributed by atoms with Crippen molar-refractivity contribution in [1.29, 1.82) is 0 Å². The molecule has 2 saturated heterocycles. The van der Waals surface area contributed by atoms with Crippen LogP contribution in [-0.2, 0) is 16.1 Å². The number of aliphatic hydroxyl groups is 1. The molecule has 2 aromatic heterocycles. The molecule has 3 aromatic rings. The first-order chi connectivity index (χ1) is 18.5. The number of morpholine rings is 1. The Morgan fingerprint density at radius 2 is 1.85 bits per heavy atom. The van der Waals surface area contributed by atoms with Gasteiger partial charge in [0, 0.05) is 30.7 Å². The number of fused-ring (bicyclic) bond motifs is 1. The molecular weight excluding hydrogens is 518 g/mol. The SMILES string of the molecule is CC1(C)CN[C@H](c2ccc(-n3c(Cl)cc4c(=O)n(CC5(O)CCN(C(=O)C6(C)CC6)CC5)cnc43)cc2)CO1. The molecule has 6 rings (SSSR count). The van der Waals surface area contributed by atoms with E-state index in [4.69, 9.17) is 16.3 Å². The summed E-state index contributed by atoms with van der Waals surface area (Å²) in [4.78, 5) is 32.5. The standard InChI is InChI=1S/C29H36ClN5O4/c1-27(2)16-31-22(15-39-27)19-4-6-20(7-5-19)35-23(30)14-21-24(35)32-18-34(25(21)36)17-29(38)10-12-33(13-11-29)26(37)28(3)8-9-28/h4-7,14,18,22,31,38H,8-13,15-17H2,1-3H3/t22-/m0/s1. The van der Waals surface area contributed by atoms with E-state index in [0.29, 0.717) is 48.7 Å². The fourth-order valence-electron chi connectivity index (χ4n) is 5.69. The van der Waals surface area contributed by atoms with Gasteiger partial charge in [-0.3, -0.25) is 18.7 Å². The van der Waals surface area contributed by atoms with Crippen molar-refractivity contribution in [2.45, 2.75) is 70.2 Å². The van der Waals surface area contributed by atoms with E-state index in [1.165, 1.54) is 10.9 Å². The highest BCUT2D eigenvalue weighted by atomic mass is 35.5. The van der Waals surface area contributed by atoms with Gasteiger partial charge in [-0.1, -0.05) is 30.7 Å². The maximum atomic E-state index is 13.4. The van der Waals surface area contributed by atoms with Crippen molar-refractivity contribution in [3.8, 4) is 5.69 Å². The number of halogens is 1. The molecule has 2 N–H and O–H groups in total. The van der Waals surface area contributed by atoms with Gasteiger partial charge < -0.3 is 20.1 Å². The molecule has 1 amide bonds. The number of aromatic nitrogens is 3. The van der Waals surface area contributed by atoms with Crippen LogP contribution in [0, 0.1) is 5.41 Å². The van der Waals surface area contributed by atoms with Gasteiger partial charge in [0.15, 0.2) is 5.65 Å². The van der Waals surface area contributed by atoms with E-state index in [9.17, 15) is 14.7 Å². The van der Waals surface area contributed by atoms with Gasteiger partial charge in [0.1, 0.15) is 11.5 Å². The van der Waals surface area contributed by atoms with Crippen molar-refractivity contribution in [2.24, 2.45) is 5.41 Å². The highest BCUT2D eigenvalue weighted by Crippen LogP contribution is 2.47. The number of ether oxygens (including phenoxy) is 1. The van der Waals surface area contributed by atoms with Crippen molar-refractivity contribution in [2.75, 3.05) is 26.2 Å². The molecule has 208 valence electrons. The molecule has 4 heterocycles. The van der Waals surface area contributed by atoms with Crippen molar-refractivity contribution in [1.82, 2.24) is 24.3 Å². The minimum Gasteiger partial charge on any atom is -0.388 e. The first kappa shape index (κ1) is 26.5. The van der Waals surface area contributed by atoms with Crippen molar-refractivity contribution in [3.05, 3.63) is 57.7 Å². The molecule has 1 aliphatic carbocycles. The Labute approximate surface area is 232 Å². The summed E-state index contributed by atoms with van der Waals surface area (Å²) in [6.45, 7) is 8.63. The predicted molar refractivity (Wildman–Crippen MR) is 149 cm³/mol. The number of nitrogens with one attached hydrogen (secondary N) is 1. The Morgan fingerprint density at radius 3 is 2.46 bits per heavy atom. The van der Waals surface area contributed by atoms with E-state index in [1.54, 1.807) is 10.6 Å². The van der Waals surface area contributed by atoms with Crippen LogP contribution in [0.2, 0.25) is 5.15 Å². The molecule has 3 aliphatic rings. The quantitative estimate of drug-likeness (QED) is 0.502. The molecule has 9 nitrogen and oxygen atoms in total. The Kier molecular flexibility index (Phi) is 6.41. The van der Waals surface area contributed by atoms with Crippen molar-refractivity contribution >= 4 is 28.5 Å². The molecule has 10 heteroatoms. The highest BCUT2D eigenvalue weighted by Gasteiger charge is 2.48. The van der Waals surface area contributed by atoms with Gasteiger partial charge in [-0.15, -0.1) is 0 Å². The molecule has 1 aromatic carbocycles. The number of amides is 1. The molecule has 0 bridgehead atoms. The average molecular weight is 554 g/mol. The number of carbonyl (C=O) groups excluding carboxylic acids is 1. The fraction of sp³-hybridized carbons (Fsp3) is 0.552. The number of piperidine rings is 1. The van der Waals surface area contributed by atoms with E-state index < -0.39 is 5.60 Å². The van der Waals surface area contributed by atoms with E-state index in [0.717, 1.165) is 30.6 Å². The number of hydrogen-bond donors (Lipinski definition) is 2. The largest absolute Gasteiger partial charge is 0.388 e. The van der Waals surface area contributed by atoms with Crippen LogP contribution in [0.5, 0.6) is 0 Å². The topological polar surface area (TPSA) is 102 Å². The molecule has 2 aliphatic heterocycles. The van der Waals surface area contributed by atoms with Crippen LogP contribution in [-0.4, -0.2) is 67.5 Å². The highest BCUT2D eigenvalue weighted by molar-refractivity contribution is 6.31. The number of likely N-dealkylation sites (tertiary alicyclic amines) is 1. The summed E-state index contributed by atoms with van der Waals surface area (Å²) in [5, 5.41) is 15.6. The first-order valence-corrected chi connectivity index (χ1v) is 14.1. The lowest BCUT2D eigenvalue weighted by Crippen LogP contribution is -2.51. The number of nitrogens with zero attached hydrogens (tertiary/aromatic N) is 4. The lowest BCUT2D eigenvalue weighted by molar-refractivity contribution is -0.141. The summed E-state index contributed by atoms with van der Waals surface area (Å²) in [7, 11) is 0. The van der Waals surface area contributed by atoms with Gasteiger partial charge in [0.25, 0.3) is 5.56 Å². The van der Waals surface area contributed by atoms with Gasteiger partial charge in [-0.25, -0.2) is 4.98 Å². The zero-order valence-electron chi connectivity index (χ0n) is 22.7. The summed E-state index contributed by atoms with van der Waals surface area (Å²) in [6, 6.07) is 9.76. The minimum absolute atomic E-state index is 0.113. The maximum absolute atomic E-state index is 13.4. The van der Waals surface area contributed by atoms with Gasteiger partial charge in [-0.2, -0.15) is 0 Å².